The van der Waals surface area contributed by atoms with E-state index in [1.807, 2.05) is 11.8 Å². The third-order valence-corrected chi connectivity index (χ3v) is 5.74. The van der Waals surface area contributed by atoms with Crippen molar-refractivity contribution in [1.82, 2.24) is 19.5 Å². The maximum Gasteiger partial charge on any atom is 0.285 e. The van der Waals surface area contributed by atoms with Crippen LogP contribution in [0.2, 0.25) is 0 Å². The van der Waals surface area contributed by atoms with Crippen LogP contribution < -0.4 is 5.56 Å². The molecule has 1 aliphatic rings. The van der Waals surface area contributed by atoms with Crippen molar-refractivity contribution in [2.45, 2.75) is 39.5 Å². The summed E-state index contributed by atoms with van der Waals surface area (Å²) in [6, 6.07) is 10.3. The normalized spacial score (nSPS) is 17.2. The van der Waals surface area contributed by atoms with Gasteiger partial charge in [-0.3, -0.25) is 14.7 Å². The minimum absolute atomic E-state index is 0.138. The van der Waals surface area contributed by atoms with Gasteiger partial charge in [-0.25, -0.2) is 9.50 Å². The average molecular weight is 378 g/mol. The van der Waals surface area contributed by atoms with Gasteiger partial charge in [-0.15, -0.1) is 0 Å². The van der Waals surface area contributed by atoms with E-state index in [1.54, 1.807) is 6.07 Å². The van der Waals surface area contributed by atoms with E-state index in [0.717, 1.165) is 31.4 Å². The van der Waals surface area contributed by atoms with Crippen LogP contribution in [0, 0.1) is 19.8 Å². The zero-order chi connectivity index (χ0) is 19.7. The van der Waals surface area contributed by atoms with E-state index in [0.29, 0.717) is 24.7 Å². The van der Waals surface area contributed by atoms with E-state index < -0.39 is 0 Å². The summed E-state index contributed by atoms with van der Waals surface area (Å²) in [5.41, 5.74) is 3.88. The first-order valence-electron chi connectivity index (χ1n) is 9.94. The van der Waals surface area contributed by atoms with Crippen LogP contribution in [0.5, 0.6) is 0 Å². The molecular formula is C22H26N4O2. The Morgan fingerprint density at radius 3 is 2.93 bits per heavy atom. The number of aromatic nitrogens is 3. The number of benzene rings is 1. The highest BCUT2D eigenvalue weighted by Crippen LogP contribution is 2.23. The molecule has 0 unspecified atom stereocenters. The first kappa shape index (κ1) is 18.5. The molecule has 6 nitrogen and oxygen atoms in total. The van der Waals surface area contributed by atoms with E-state index in [4.69, 9.17) is 0 Å². The third kappa shape index (κ3) is 3.59. The van der Waals surface area contributed by atoms with Gasteiger partial charge in [-0.2, -0.15) is 0 Å². The molecule has 1 fully saturated rings. The quantitative estimate of drug-likeness (QED) is 0.758. The average Bonchev–Trinajstić information content (AvgIpc) is 3.09. The molecule has 28 heavy (non-hydrogen) atoms. The van der Waals surface area contributed by atoms with Gasteiger partial charge in [-0.1, -0.05) is 24.3 Å². The number of amides is 1. The Hall–Kier alpha value is -2.89. The fourth-order valence-electron chi connectivity index (χ4n) is 4.13. The summed E-state index contributed by atoms with van der Waals surface area (Å²) in [5, 5.41) is 2.95. The number of piperidine rings is 1. The summed E-state index contributed by atoms with van der Waals surface area (Å²) in [6.45, 7) is 5.41. The number of rotatable bonds is 4. The molecule has 0 bridgehead atoms. The molecule has 1 amide bonds. The van der Waals surface area contributed by atoms with Crippen LogP contribution in [0.1, 0.15) is 46.4 Å². The zero-order valence-electron chi connectivity index (χ0n) is 16.4. The summed E-state index contributed by atoms with van der Waals surface area (Å²) in [6.07, 6.45) is 5.60. The number of hydrogen-bond acceptors (Lipinski definition) is 3. The molecule has 3 heterocycles. The molecule has 1 N–H and O–H groups in total. The molecule has 0 aliphatic carbocycles. The molecule has 4 rings (SSSR count). The van der Waals surface area contributed by atoms with Crippen molar-refractivity contribution in [1.29, 1.82) is 0 Å². The Kier molecular flexibility index (Phi) is 5.03. The molecule has 1 atom stereocenters. The lowest BCUT2D eigenvalue weighted by molar-refractivity contribution is 0.0665. The van der Waals surface area contributed by atoms with E-state index in [1.165, 1.54) is 21.8 Å². The Balaban J connectivity index is 1.47. The van der Waals surface area contributed by atoms with Crippen LogP contribution in [-0.2, 0) is 6.42 Å². The summed E-state index contributed by atoms with van der Waals surface area (Å²) < 4.78 is 1.35. The Bertz CT molecular complexity index is 1070. The molecule has 1 aliphatic heterocycles. The van der Waals surface area contributed by atoms with Crippen LogP contribution in [0.4, 0.5) is 0 Å². The van der Waals surface area contributed by atoms with Crippen molar-refractivity contribution >= 4 is 11.6 Å². The lowest BCUT2D eigenvalue weighted by atomic mass is 9.90. The van der Waals surface area contributed by atoms with Crippen molar-refractivity contribution in [3.05, 3.63) is 69.3 Å². The summed E-state index contributed by atoms with van der Waals surface area (Å²) in [7, 11) is 0. The molecule has 0 radical (unpaired) electrons. The van der Waals surface area contributed by atoms with Gasteiger partial charge in [-0.05, 0) is 56.6 Å². The fourth-order valence-corrected chi connectivity index (χ4v) is 4.13. The van der Waals surface area contributed by atoms with Gasteiger partial charge in [0.1, 0.15) is 5.56 Å². The molecule has 1 aromatic carbocycles. The van der Waals surface area contributed by atoms with E-state index in [9.17, 15) is 9.59 Å². The van der Waals surface area contributed by atoms with Gasteiger partial charge < -0.3 is 4.90 Å². The number of aromatic amines is 1. The summed E-state index contributed by atoms with van der Waals surface area (Å²) in [5.74, 6) is 0.254. The molecule has 146 valence electrons. The van der Waals surface area contributed by atoms with Crippen molar-refractivity contribution in [2.75, 3.05) is 13.1 Å². The van der Waals surface area contributed by atoms with Crippen molar-refractivity contribution < 1.29 is 4.79 Å². The number of nitrogens with one attached hydrogen (secondary N) is 1. The Morgan fingerprint density at radius 1 is 1.29 bits per heavy atom. The highest BCUT2D eigenvalue weighted by Gasteiger charge is 2.26. The van der Waals surface area contributed by atoms with Gasteiger partial charge in [0.25, 0.3) is 11.5 Å². The molecule has 1 saturated heterocycles. The van der Waals surface area contributed by atoms with Crippen molar-refractivity contribution in [3.63, 3.8) is 0 Å². The Morgan fingerprint density at radius 2 is 2.11 bits per heavy atom. The lowest BCUT2D eigenvalue weighted by Gasteiger charge is -2.32. The van der Waals surface area contributed by atoms with Gasteiger partial charge in [0.05, 0.1) is 0 Å². The number of H-pyrrole nitrogens is 1. The number of aryl methyl sites for hydroxylation is 3. The van der Waals surface area contributed by atoms with Gasteiger partial charge in [0, 0.05) is 31.0 Å². The first-order chi connectivity index (χ1) is 13.5. The molecule has 0 spiro atoms. The molecule has 6 heteroatoms. The first-order valence-corrected chi connectivity index (χ1v) is 9.94. The van der Waals surface area contributed by atoms with Crippen molar-refractivity contribution in [2.24, 2.45) is 5.92 Å². The molecule has 3 aromatic rings. The summed E-state index contributed by atoms with van der Waals surface area (Å²) in [4.78, 5) is 31.8. The smallest absolute Gasteiger partial charge is 0.285 e. The highest BCUT2D eigenvalue weighted by atomic mass is 16.2. The second-order valence-corrected chi connectivity index (χ2v) is 7.83. The molecule has 0 saturated carbocycles. The largest absolute Gasteiger partial charge is 0.338 e. The number of hydrogen-bond donors (Lipinski definition) is 1. The Labute approximate surface area is 164 Å². The lowest BCUT2D eigenvalue weighted by Crippen LogP contribution is -2.42. The maximum atomic E-state index is 13.0. The van der Waals surface area contributed by atoms with Crippen LogP contribution in [0.25, 0.3) is 5.65 Å². The van der Waals surface area contributed by atoms with Crippen LogP contribution >= 0.6 is 0 Å². The standard InChI is InChI=1S/C22H26N4O2/c1-15-6-3-4-8-18(15)10-9-17-7-5-11-25(14-17)21(27)19-13-23-20-12-16(2)24-26(20)22(19)28/h3-4,6,8,12-13,17,24H,5,7,9-11,14H2,1-2H3/t17-/m0/s1. The minimum atomic E-state index is -0.329. The van der Waals surface area contributed by atoms with Crippen LogP contribution in [-0.4, -0.2) is 38.5 Å². The fraction of sp³-hybridized carbons (Fsp3) is 0.409. The number of nitrogens with zero attached hydrogens (tertiary/aromatic N) is 3. The van der Waals surface area contributed by atoms with E-state index in [-0.39, 0.29) is 17.0 Å². The third-order valence-electron chi connectivity index (χ3n) is 5.74. The van der Waals surface area contributed by atoms with Crippen LogP contribution in [0.3, 0.4) is 0 Å². The monoisotopic (exact) mass is 378 g/mol. The number of carbonyl (C=O) groups excluding carboxylic acids is 1. The molecular weight excluding hydrogens is 352 g/mol. The summed E-state index contributed by atoms with van der Waals surface area (Å²) >= 11 is 0. The van der Waals surface area contributed by atoms with Gasteiger partial charge in [0.15, 0.2) is 5.65 Å². The predicted octanol–water partition coefficient (Wildman–Crippen LogP) is 3.12. The van der Waals surface area contributed by atoms with Gasteiger partial charge in [0.2, 0.25) is 0 Å². The van der Waals surface area contributed by atoms with E-state index in [2.05, 4.69) is 41.3 Å². The minimum Gasteiger partial charge on any atom is -0.338 e. The maximum absolute atomic E-state index is 13.0. The number of fused-ring (bicyclic) bond motifs is 1. The van der Waals surface area contributed by atoms with E-state index >= 15 is 0 Å². The second kappa shape index (κ2) is 7.62. The number of likely N-dealkylation sites (tertiary alicyclic amines) is 1. The molecule has 2 aromatic heterocycles. The van der Waals surface area contributed by atoms with Gasteiger partial charge >= 0.3 is 0 Å². The topological polar surface area (TPSA) is 70.5 Å². The predicted molar refractivity (Wildman–Crippen MR) is 109 cm³/mol. The highest BCUT2D eigenvalue weighted by molar-refractivity contribution is 5.93. The second-order valence-electron chi connectivity index (χ2n) is 7.83. The number of carbonyl (C=O) groups is 1. The zero-order valence-corrected chi connectivity index (χ0v) is 16.4. The van der Waals surface area contributed by atoms with Crippen LogP contribution in [0.15, 0.2) is 41.3 Å². The van der Waals surface area contributed by atoms with Crippen molar-refractivity contribution in [3.8, 4) is 0 Å². The SMILES string of the molecule is Cc1cc2ncc(C(=O)N3CCC[C@@H](CCc4ccccc4C)C3)c(=O)n2[nH]1.